The van der Waals surface area contributed by atoms with E-state index >= 15 is 0 Å². The Balaban J connectivity index is 2.81. The van der Waals surface area contributed by atoms with Gasteiger partial charge in [0.25, 0.3) is 0 Å². The standard InChI is InChI=1S/C17H27F2NO/c1-5-11-20-15(9-10-17(2,3)4)13-7-6-8-14(12-13)21-16(18)19/h6-8,12,15-16,20H,5,9-11H2,1-4H3. The fourth-order valence-corrected chi connectivity index (χ4v) is 2.19. The van der Waals surface area contributed by atoms with Gasteiger partial charge in [-0.05, 0) is 48.9 Å². The van der Waals surface area contributed by atoms with E-state index in [9.17, 15) is 8.78 Å². The minimum atomic E-state index is -2.78. The van der Waals surface area contributed by atoms with Crippen LogP contribution >= 0.6 is 0 Å². The number of halogens is 2. The Hall–Kier alpha value is -1.16. The average Bonchev–Trinajstić information content (AvgIpc) is 2.37. The molecule has 0 aliphatic heterocycles. The summed E-state index contributed by atoms with van der Waals surface area (Å²) in [5.41, 5.74) is 1.26. The maximum atomic E-state index is 12.3. The predicted octanol–water partition coefficient (Wildman–Crippen LogP) is 5.16. The predicted molar refractivity (Wildman–Crippen MR) is 82.8 cm³/mol. The summed E-state index contributed by atoms with van der Waals surface area (Å²) in [6.07, 6.45) is 3.08. The van der Waals surface area contributed by atoms with E-state index in [1.807, 2.05) is 6.07 Å². The summed E-state index contributed by atoms with van der Waals surface area (Å²) in [7, 11) is 0. The summed E-state index contributed by atoms with van der Waals surface area (Å²) >= 11 is 0. The van der Waals surface area contributed by atoms with Crippen LogP contribution in [0.25, 0.3) is 0 Å². The van der Waals surface area contributed by atoms with Crippen LogP contribution in [-0.2, 0) is 0 Å². The van der Waals surface area contributed by atoms with Crippen LogP contribution in [0.2, 0.25) is 0 Å². The zero-order chi connectivity index (χ0) is 15.9. The molecule has 1 atom stereocenters. The van der Waals surface area contributed by atoms with Crippen molar-refractivity contribution in [3.63, 3.8) is 0 Å². The van der Waals surface area contributed by atoms with Gasteiger partial charge in [-0.15, -0.1) is 0 Å². The van der Waals surface area contributed by atoms with E-state index < -0.39 is 6.61 Å². The van der Waals surface area contributed by atoms with Gasteiger partial charge in [0.05, 0.1) is 0 Å². The lowest BCUT2D eigenvalue weighted by atomic mass is 9.87. The first-order chi connectivity index (χ1) is 9.81. The van der Waals surface area contributed by atoms with Crippen LogP contribution in [0.3, 0.4) is 0 Å². The second kappa shape index (κ2) is 8.32. The Morgan fingerprint density at radius 1 is 1.24 bits per heavy atom. The van der Waals surface area contributed by atoms with Crippen LogP contribution in [0.4, 0.5) is 8.78 Å². The van der Waals surface area contributed by atoms with Crippen molar-refractivity contribution in [2.75, 3.05) is 6.54 Å². The molecule has 0 aliphatic rings. The topological polar surface area (TPSA) is 21.3 Å². The molecular formula is C17H27F2NO. The molecular weight excluding hydrogens is 272 g/mol. The van der Waals surface area contributed by atoms with Gasteiger partial charge in [0.15, 0.2) is 0 Å². The van der Waals surface area contributed by atoms with E-state index in [2.05, 4.69) is 37.7 Å². The molecule has 21 heavy (non-hydrogen) atoms. The van der Waals surface area contributed by atoms with Crippen LogP contribution < -0.4 is 10.1 Å². The maximum absolute atomic E-state index is 12.3. The van der Waals surface area contributed by atoms with Gasteiger partial charge in [-0.25, -0.2) is 0 Å². The molecule has 1 unspecified atom stereocenters. The maximum Gasteiger partial charge on any atom is 0.387 e. The van der Waals surface area contributed by atoms with Crippen molar-refractivity contribution < 1.29 is 13.5 Å². The van der Waals surface area contributed by atoms with Crippen LogP contribution in [0.1, 0.15) is 58.6 Å². The molecule has 0 spiro atoms. The fraction of sp³-hybridized carbons (Fsp3) is 0.647. The van der Waals surface area contributed by atoms with Crippen LogP contribution in [0, 0.1) is 5.41 Å². The van der Waals surface area contributed by atoms with Gasteiger partial charge in [-0.2, -0.15) is 8.78 Å². The molecule has 0 amide bonds. The van der Waals surface area contributed by atoms with Gasteiger partial charge >= 0.3 is 6.61 Å². The molecule has 2 nitrogen and oxygen atoms in total. The van der Waals surface area contributed by atoms with E-state index in [0.29, 0.717) is 0 Å². The molecule has 1 N–H and O–H groups in total. The fourth-order valence-electron chi connectivity index (χ4n) is 2.19. The SMILES string of the molecule is CCCNC(CCC(C)(C)C)c1cccc(OC(F)F)c1. The molecule has 0 aromatic heterocycles. The average molecular weight is 299 g/mol. The lowest BCUT2D eigenvalue weighted by Gasteiger charge is -2.24. The molecule has 0 radical (unpaired) electrons. The Morgan fingerprint density at radius 2 is 1.95 bits per heavy atom. The van der Waals surface area contributed by atoms with Gasteiger partial charge in [0.1, 0.15) is 5.75 Å². The van der Waals surface area contributed by atoms with E-state index in [1.165, 1.54) is 0 Å². The van der Waals surface area contributed by atoms with Crippen molar-refractivity contribution in [2.45, 2.75) is 59.6 Å². The molecule has 120 valence electrons. The molecule has 0 saturated heterocycles. The van der Waals surface area contributed by atoms with Crippen LogP contribution in [-0.4, -0.2) is 13.2 Å². The Bertz CT molecular complexity index is 415. The first-order valence-corrected chi connectivity index (χ1v) is 7.60. The molecule has 1 rings (SSSR count). The quantitative estimate of drug-likeness (QED) is 0.716. The van der Waals surface area contributed by atoms with Gasteiger partial charge < -0.3 is 10.1 Å². The number of ether oxygens (including phenoxy) is 1. The zero-order valence-electron chi connectivity index (χ0n) is 13.5. The van der Waals surface area contributed by atoms with Crippen molar-refractivity contribution >= 4 is 0 Å². The first kappa shape index (κ1) is 17.9. The van der Waals surface area contributed by atoms with Crippen molar-refractivity contribution in [2.24, 2.45) is 5.41 Å². The largest absolute Gasteiger partial charge is 0.435 e. The lowest BCUT2D eigenvalue weighted by Crippen LogP contribution is -2.23. The van der Waals surface area contributed by atoms with Crippen molar-refractivity contribution in [3.05, 3.63) is 29.8 Å². The summed E-state index contributed by atoms with van der Waals surface area (Å²) in [5, 5.41) is 3.50. The summed E-state index contributed by atoms with van der Waals surface area (Å²) in [6, 6.07) is 7.18. The van der Waals surface area contributed by atoms with Gasteiger partial charge in [0.2, 0.25) is 0 Å². The molecule has 1 aromatic carbocycles. The number of hydrogen-bond acceptors (Lipinski definition) is 2. The molecule has 0 aliphatic carbocycles. The van der Waals surface area contributed by atoms with E-state index in [1.54, 1.807) is 18.2 Å². The Kier molecular flexibility index (Phi) is 7.09. The minimum absolute atomic E-state index is 0.172. The molecule has 0 heterocycles. The van der Waals surface area contributed by atoms with E-state index in [0.717, 1.165) is 31.4 Å². The first-order valence-electron chi connectivity index (χ1n) is 7.60. The molecule has 1 aromatic rings. The highest BCUT2D eigenvalue weighted by molar-refractivity contribution is 5.30. The molecule has 0 bridgehead atoms. The highest BCUT2D eigenvalue weighted by Gasteiger charge is 2.17. The second-order valence-electron chi connectivity index (χ2n) is 6.56. The van der Waals surface area contributed by atoms with Crippen molar-refractivity contribution in [1.29, 1.82) is 0 Å². The van der Waals surface area contributed by atoms with E-state index in [4.69, 9.17) is 0 Å². The Morgan fingerprint density at radius 3 is 2.52 bits per heavy atom. The van der Waals surface area contributed by atoms with Crippen LogP contribution in [0.15, 0.2) is 24.3 Å². The van der Waals surface area contributed by atoms with Crippen LogP contribution in [0.5, 0.6) is 5.75 Å². The Labute approximate surface area is 126 Å². The van der Waals surface area contributed by atoms with Crippen molar-refractivity contribution in [1.82, 2.24) is 5.32 Å². The number of rotatable bonds is 8. The molecule has 0 saturated carbocycles. The van der Waals surface area contributed by atoms with Crippen molar-refractivity contribution in [3.8, 4) is 5.75 Å². The lowest BCUT2D eigenvalue weighted by molar-refractivity contribution is -0.0499. The van der Waals surface area contributed by atoms with E-state index in [-0.39, 0.29) is 17.2 Å². The van der Waals surface area contributed by atoms with Gasteiger partial charge in [0, 0.05) is 6.04 Å². The number of hydrogen-bond donors (Lipinski definition) is 1. The molecule has 4 heteroatoms. The third-order valence-corrected chi connectivity index (χ3v) is 3.31. The minimum Gasteiger partial charge on any atom is -0.435 e. The summed E-state index contributed by atoms with van der Waals surface area (Å²) in [6.45, 7) is 6.87. The van der Waals surface area contributed by atoms with Gasteiger partial charge in [-0.3, -0.25) is 0 Å². The number of benzene rings is 1. The zero-order valence-corrected chi connectivity index (χ0v) is 13.5. The summed E-state index contributed by atoms with van der Waals surface area (Å²) in [4.78, 5) is 0. The highest BCUT2D eigenvalue weighted by Crippen LogP contribution is 2.29. The third kappa shape index (κ3) is 7.42. The summed E-state index contributed by atoms with van der Waals surface area (Å²) < 4.78 is 29.1. The normalized spacial score (nSPS) is 13.5. The molecule has 0 fully saturated rings. The second-order valence-corrected chi connectivity index (χ2v) is 6.56. The number of nitrogens with one attached hydrogen (secondary N) is 1. The number of alkyl halides is 2. The summed E-state index contributed by atoms with van der Waals surface area (Å²) in [5.74, 6) is 0.224. The highest BCUT2D eigenvalue weighted by atomic mass is 19.3. The smallest absolute Gasteiger partial charge is 0.387 e. The third-order valence-electron chi connectivity index (χ3n) is 3.31. The van der Waals surface area contributed by atoms with Gasteiger partial charge in [-0.1, -0.05) is 39.8 Å². The monoisotopic (exact) mass is 299 g/mol.